The van der Waals surface area contributed by atoms with Gasteiger partial charge in [0, 0.05) is 38.3 Å². The molecule has 0 amide bonds. The first-order valence-electron chi connectivity index (χ1n) is 12.2. The van der Waals surface area contributed by atoms with E-state index in [1.807, 2.05) is 0 Å². The number of H-pyrrole nitrogens is 1. The predicted octanol–water partition coefficient (Wildman–Crippen LogP) is 9.01. The average Bonchev–Trinajstić information content (AvgIpc) is 3.31. The Morgan fingerprint density at radius 3 is 1.82 bits per heavy atom. The lowest BCUT2D eigenvalue weighted by molar-refractivity contribution is 0.568. The van der Waals surface area contributed by atoms with Crippen LogP contribution in [-0.2, 0) is 10.8 Å². The predicted molar refractivity (Wildman–Crippen MR) is 148 cm³/mol. The fourth-order valence-electron chi connectivity index (χ4n) is 5.20. The van der Waals surface area contributed by atoms with Crippen molar-refractivity contribution in [2.45, 2.75) is 52.4 Å². The summed E-state index contributed by atoms with van der Waals surface area (Å²) in [4.78, 5) is 3.65. The van der Waals surface area contributed by atoms with Gasteiger partial charge in [-0.15, -0.1) is 0 Å². The molecule has 6 aromatic rings. The standard InChI is InChI=1S/C32H32N2/c1-31(2,3)20-15-21(32(4,5)6)17-22(16-20)34-29-14-10-8-12-24(29)26-18-25-23-11-7-9-13-27(23)33-28(25)19-30(26)34/h7-19,33H,1-6H3. The third kappa shape index (κ3) is 3.16. The second kappa shape index (κ2) is 6.99. The zero-order valence-electron chi connectivity index (χ0n) is 21.0. The van der Waals surface area contributed by atoms with Gasteiger partial charge in [0.1, 0.15) is 0 Å². The third-order valence-electron chi connectivity index (χ3n) is 7.21. The monoisotopic (exact) mass is 444 g/mol. The number of fused-ring (bicyclic) bond motifs is 6. The third-order valence-corrected chi connectivity index (χ3v) is 7.21. The fourth-order valence-corrected chi connectivity index (χ4v) is 5.20. The average molecular weight is 445 g/mol. The van der Waals surface area contributed by atoms with Crippen molar-refractivity contribution in [2.24, 2.45) is 0 Å². The molecular formula is C32H32N2. The minimum atomic E-state index is 0.0687. The largest absolute Gasteiger partial charge is 0.354 e. The highest BCUT2D eigenvalue weighted by molar-refractivity contribution is 6.18. The van der Waals surface area contributed by atoms with E-state index in [2.05, 4.69) is 130 Å². The van der Waals surface area contributed by atoms with E-state index in [0.29, 0.717) is 0 Å². The van der Waals surface area contributed by atoms with Gasteiger partial charge >= 0.3 is 0 Å². The summed E-state index contributed by atoms with van der Waals surface area (Å²) in [6.07, 6.45) is 0. The molecule has 0 atom stereocenters. The molecule has 0 saturated heterocycles. The lowest BCUT2D eigenvalue weighted by Gasteiger charge is -2.26. The Bertz CT molecular complexity index is 1680. The molecule has 1 N–H and O–H groups in total. The molecule has 170 valence electrons. The van der Waals surface area contributed by atoms with Crippen molar-refractivity contribution in [1.29, 1.82) is 0 Å². The molecule has 2 heterocycles. The molecule has 4 aromatic carbocycles. The van der Waals surface area contributed by atoms with Gasteiger partial charge in [-0.2, -0.15) is 0 Å². The fraction of sp³-hybridized carbons (Fsp3) is 0.250. The molecule has 2 heteroatoms. The van der Waals surface area contributed by atoms with Crippen LogP contribution in [0.2, 0.25) is 0 Å². The number of benzene rings is 4. The second-order valence-corrected chi connectivity index (χ2v) is 11.7. The molecule has 34 heavy (non-hydrogen) atoms. The van der Waals surface area contributed by atoms with Gasteiger partial charge in [0.15, 0.2) is 0 Å². The Hall–Kier alpha value is -3.52. The van der Waals surface area contributed by atoms with Crippen molar-refractivity contribution in [1.82, 2.24) is 9.55 Å². The zero-order chi connectivity index (χ0) is 23.8. The Morgan fingerprint density at radius 1 is 0.529 bits per heavy atom. The first kappa shape index (κ1) is 21.0. The van der Waals surface area contributed by atoms with Crippen molar-refractivity contribution in [3.63, 3.8) is 0 Å². The van der Waals surface area contributed by atoms with Gasteiger partial charge in [0.2, 0.25) is 0 Å². The van der Waals surface area contributed by atoms with Crippen LogP contribution in [0.15, 0.2) is 78.9 Å². The minimum absolute atomic E-state index is 0.0687. The zero-order valence-corrected chi connectivity index (χ0v) is 21.0. The van der Waals surface area contributed by atoms with E-state index in [1.165, 1.54) is 60.4 Å². The molecule has 0 bridgehead atoms. The van der Waals surface area contributed by atoms with E-state index < -0.39 is 0 Å². The van der Waals surface area contributed by atoms with Crippen LogP contribution >= 0.6 is 0 Å². The number of rotatable bonds is 1. The smallest absolute Gasteiger partial charge is 0.0562 e. The number of aromatic amines is 1. The van der Waals surface area contributed by atoms with Crippen LogP contribution in [0, 0.1) is 0 Å². The van der Waals surface area contributed by atoms with Crippen LogP contribution in [0.25, 0.3) is 49.3 Å². The topological polar surface area (TPSA) is 20.7 Å². The van der Waals surface area contributed by atoms with Gasteiger partial charge in [-0.05, 0) is 58.4 Å². The lowest BCUT2D eigenvalue weighted by Crippen LogP contribution is -2.17. The summed E-state index contributed by atoms with van der Waals surface area (Å²) < 4.78 is 2.46. The number of aromatic nitrogens is 2. The molecule has 0 fully saturated rings. The number of hydrogen-bond donors (Lipinski definition) is 1. The highest BCUT2D eigenvalue weighted by Crippen LogP contribution is 2.39. The van der Waals surface area contributed by atoms with E-state index >= 15 is 0 Å². The maximum Gasteiger partial charge on any atom is 0.0562 e. The van der Waals surface area contributed by atoms with Gasteiger partial charge in [0.05, 0.1) is 11.0 Å². The first-order chi connectivity index (χ1) is 16.1. The summed E-state index contributed by atoms with van der Waals surface area (Å²) in [7, 11) is 0. The van der Waals surface area contributed by atoms with E-state index in [-0.39, 0.29) is 10.8 Å². The van der Waals surface area contributed by atoms with Crippen molar-refractivity contribution in [2.75, 3.05) is 0 Å². The van der Waals surface area contributed by atoms with Crippen LogP contribution in [-0.4, -0.2) is 9.55 Å². The molecule has 0 spiro atoms. The van der Waals surface area contributed by atoms with Crippen molar-refractivity contribution < 1.29 is 0 Å². The normalized spacial score (nSPS) is 13.0. The maximum atomic E-state index is 3.65. The van der Waals surface area contributed by atoms with Crippen LogP contribution in [0.3, 0.4) is 0 Å². The van der Waals surface area contributed by atoms with Crippen LogP contribution in [0.5, 0.6) is 0 Å². The highest BCUT2D eigenvalue weighted by Gasteiger charge is 2.22. The van der Waals surface area contributed by atoms with Gasteiger partial charge in [-0.3, -0.25) is 0 Å². The van der Waals surface area contributed by atoms with Crippen molar-refractivity contribution in [3.8, 4) is 5.69 Å². The summed E-state index contributed by atoms with van der Waals surface area (Å²) in [5, 5.41) is 5.15. The molecule has 0 saturated carbocycles. The van der Waals surface area contributed by atoms with E-state index in [1.54, 1.807) is 0 Å². The second-order valence-electron chi connectivity index (χ2n) is 11.7. The number of para-hydroxylation sites is 2. The molecule has 2 nitrogen and oxygen atoms in total. The van der Waals surface area contributed by atoms with Gasteiger partial charge in [-0.25, -0.2) is 0 Å². The van der Waals surface area contributed by atoms with Gasteiger partial charge < -0.3 is 9.55 Å². The van der Waals surface area contributed by atoms with Crippen molar-refractivity contribution in [3.05, 3.63) is 90.0 Å². The number of hydrogen-bond acceptors (Lipinski definition) is 0. The van der Waals surface area contributed by atoms with Crippen LogP contribution in [0.1, 0.15) is 52.7 Å². The van der Waals surface area contributed by atoms with E-state index in [4.69, 9.17) is 0 Å². The lowest BCUT2D eigenvalue weighted by atomic mass is 9.80. The molecule has 0 aliphatic rings. The van der Waals surface area contributed by atoms with Crippen LogP contribution < -0.4 is 0 Å². The summed E-state index contributed by atoms with van der Waals surface area (Å²) in [6.45, 7) is 13.8. The summed E-state index contributed by atoms with van der Waals surface area (Å²) in [6, 6.07) is 29.3. The molecular weight excluding hydrogens is 412 g/mol. The Kier molecular flexibility index (Phi) is 4.33. The molecule has 2 aromatic heterocycles. The summed E-state index contributed by atoms with van der Waals surface area (Å²) in [5.41, 5.74) is 8.97. The summed E-state index contributed by atoms with van der Waals surface area (Å²) in [5.74, 6) is 0. The number of nitrogens with zero attached hydrogens (tertiary/aromatic N) is 1. The Morgan fingerprint density at radius 2 is 1.15 bits per heavy atom. The highest BCUT2D eigenvalue weighted by atomic mass is 15.0. The Balaban J connectivity index is 1.76. The Labute approximate surface area is 201 Å². The van der Waals surface area contributed by atoms with Gasteiger partial charge in [-0.1, -0.05) is 84.0 Å². The molecule has 0 aliphatic carbocycles. The molecule has 0 unspecified atom stereocenters. The minimum Gasteiger partial charge on any atom is -0.354 e. The van der Waals surface area contributed by atoms with E-state index in [9.17, 15) is 0 Å². The first-order valence-corrected chi connectivity index (χ1v) is 12.2. The quantitative estimate of drug-likeness (QED) is 0.261. The molecule has 0 radical (unpaired) electrons. The van der Waals surface area contributed by atoms with Crippen molar-refractivity contribution >= 4 is 43.6 Å². The van der Waals surface area contributed by atoms with Crippen LogP contribution in [0.4, 0.5) is 0 Å². The molecule has 6 rings (SSSR count). The van der Waals surface area contributed by atoms with E-state index in [0.717, 1.165) is 0 Å². The SMILES string of the molecule is CC(C)(C)c1cc(-n2c3ccccc3c3cc4c(cc32)[nH]c2ccccc24)cc(C(C)(C)C)c1. The summed E-state index contributed by atoms with van der Waals surface area (Å²) >= 11 is 0. The van der Waals surface area contributed by atoms with Gasteiger partial charge in [0.25, 0.3) is 0 Å². The maximum absolute atomic E-state index is 3.65. The number of nitrogens with one attached hydrogen (secondary N) is 1. The molecule has 0 aliphatic heterocycles.